The molecule has 0 N–H and O–H groups in total. The van der Waals surface area contributed by atoms with Gasteiger partial charge in [0.15, 0.2) is 0 Å². The predicted octanol–water partition coefficient (Wildman–Crippen LogP) is 3.53. The Morgan fingerprint density at radius 3 is 2.37 bits per heavy atom. The molecule has 2 heterocycles. The molecule has 6 heteroatoms. The first-order valence-electron chi connectivity index (χ1n) is 10.2. The minimum absolute atomic E-state index is 0.0861. The zero-order chi connectivity index (χ0) is 20.9. The highest BCUT2D eigenvalue weighted by Gasteiger charge is 2.23. The Morgan fingerprint density at radius 1 is 0.967 bits per heavy atom. The fourth-order valence-electron chi connectivity index (χ4n) is 3.90. The smallest absolute Gasteiger partial charge is 0.267 e. The van der Waals surface area contributed by atoms with Gasteiger partial charge in [-0.25, -0.2) is 9.07 Å². The van der Waals surface area contributed by atoms with Crippen molar-refractivity contribution in [1.29, 1.82) is 0 Å². The van der Waals surface area contributed by atoms with Crippen molar-refractivity contribution in [3.8, 4) is 11.3 Å². The fraction of sp³-hybridized carbons (Fsp3) is 0.292. The molecule has 0 bridgehead atoms. The molecule has 0 saturated carbocycles. The van der Waals surface area contributed by atoms with Crippen LogP contribution in [0.1, 0.15) is 18.4 Å². The van der Waals surface area contributed by atoms with Gasteiger partial charge in [-0.3, -0.25) is 9.59 Å². The number of likely N-dealkylation sites (tertiary alicyclic amines) is 1. The third-order valence-electron chi connectivity index (χ3n) is 5.63. The van der Waals surface area contributed by atoms with Crippen LogP contribution in [0.3, 0.4) is 0 Å². The summed E-state index contributed by atoms with van der Waals surface area (Å²) in [4.78, 5) is 26.8. The summed E-state index contributed by atoms with van der Waals surface area (Å²) in [6.45, 7) is 1.31. The van der Waals surface area contributed by atoms with Crippen molar-refractivity contribution >= 4 is 5.91 Å². The number of benzene rings is 2. The molecular formula is C24H24FN3O2. The topological polar surface area (TPSA) is 55.2 Å². The van der Waals surface area contributed by atoms with E-state index < -0.39 is 0 Å². The van der Waals surface area contributed by atoms with Gasteiger partial charge < -0.3 is 4.90 Å². The molecule has 1 saturated heterocycles. The highest BCUT2D eigenvalue weighted by molar-refractivity contribution is 5.76. The zero-order valence-electron chi connectivity index (χ0n) is 16.7. The highest BCUT2D eigenvalue weighted by atomic mass is 19.1. The third-order valence-corrected chi connectivity index (χ3v) is 5.63. The van der Waals surface area contributed by atoms with E-state index in [0.29, 0.717) is 30.3 Å². The molecule has 0 atom stereocenters. The lowest BCUT2D eigenvalue weighted by atomic mass is 9.90. The van der Waals surface area contributed by atoms with Crippen LogP contribution in [0.4, 0.5) is 4.39 Å². The van der Waals surface area contributed by atoms with E-state index in [2.05, 4.69) is 29.4 Å². The zero-order valence-corrected chi connectivity index (χ0v) is 16.7. The highest BCUT2D eigenvalue weighted by Crippen LogP contribution is 2.22. The van der Waals surface area contributed by atoms with E-state index in [4.69, 9.17) is 0 Å². The minimum Gasteiger partial charge on any atom is -0.341 e. The summed E-state index contributed by atoms with van der Waals surface area (Å²) in [6.07, 6.45) is 2.95. The van der Waals surface area contributed by atoms with Crippen LogP contribution in [0, 0.1) is 11.7 Å². The van der Waals surface area contributed by atoms with Gasteiger partial charge in [0.1, 0.15) is 12.4 Å². The van der Waals surface area contributed by atoms with E-state index in [1.54, 1.807) is 18.2 Å². The first kappa shape index (κ1) is 20.0. The van der Waals surface area contributed by atoms with Crippen LogP contribution in [-0.2, 0) is 17.8 Å². The van der Waals surface area contributed by atoms with Gasteiger partial charge in [-0.2, -0.15) is 5.10 Å². The number of halogens is 1. The number of piperidine rings is 1. The maximum Gasteiger partial charge on any atom is 0.267 e. The van der Waals surface area contributed by atoms with Crippen LogP contribution in [0.5, 0.6) is 0 Å². The minimum atomic E-state index is -0.335. The van der Waals surface area contributed by atoms with E-state index in [1.165, 1.54) is 28.4 Å². The number of hydrogen-bond acceptors (Lipinski definition) is 3. The van der Waals surface area contributed by atoms with Gasteiger partial charge in [0.05, 0.1) is 5.69 Å². The molecule has 0 aliphatic carbocycles. The van der Waals surface area contributed by atoms with Gasteiger partial charge in [0.25, 0.3) is 5.56 Å². The standard InChI is InChI=1S/C24H24FN3O2/c25-21-8-6-20(7-9-21)22-10-11-23(29)28(26-22)17-24(30)27-14-12-19(13-15-27)16-18-4-2-1-3-5-18/h1-11,19H,12-17H2. The Hall–Kier alpha value is -3.28. The number of rotatable bonds is 5. The second-order valence-corrected chi connectivity index (χ2v) is 7.74. The van der Waals surface area contributed by atoms with Crippen molar-refractivity contribution < 1.29 is 9.18 Å². The van der Waals surface area contributed by atoms with Crippen molar-refractivity contribution in [2.75, 3.05) is 13.1 Å². The van der Waals surface area contributed by atoms with Crippen LogP contribution in [0.15, 0.2) is 71.5 Å². The number of nitrogens with zero attached hydrogens (tertiary/aromatic N) is 3. The average molecular weight is 405 g/mol. The summed E-state index contributed by atoms with van der Waals surface area (Å²) in [5.41, 5.74) is 2.23. The van der Waals surface area contributed by atoms with Crippen molar-refractivity contribution in [3.05, 3.63) is 88.5 Å². The molecule has 0 spiro atoms. The normalized spacial score (nSPS) is 14.6. The Bertz CT molecular complexity index is 1060. The molecule has 1 amide bonds. The molecule has 1 fully saturated rings. The Balaban J connectivity index is 1.38. The van der Waals surface area contributed by atoms with Gasteiger partial charge in [-0.05, 0) is 61.1 Å². The van der Waals surface area contributed by atoms with Gasteiger partial charge in [-0.15, -0.1) is 0 Å². The predicted molar refractivity (Wildman–Crippen MR) is 113 cm³/mol. The third kappa shape index (κ3) is 4.82. The van der Waals surface area contributed by atoms with E-state index in [-0.39, 0.29) is 23.8 Å². The Labute approximate surface area is 174 Å². The summed E-state index contributed by atoms with van der Waals surface area (Å²) < 4.78 is 14.3. The van der Waals surface area contributed by atoms with E-state index in [9.17, 15) is 14.0 Å². The molecule has 3 aromatic rings. The maximum atomic E-state index is 13.1. The van der Waals surface area contributed by atoms with Crippen LogP contribution >= 0.6 is 0 Å². The van der Waals surface area contributed by atoms with Gasteiger partial charge in [0, 0.05) is 24.7 Å². The number of aromatic nitrogens is 2. The Morgan fingerprint density at radius 2 is 1.67 bits per heavy atom. The first-order valence-corrected chi connectivity index (χ1v) is 10.2. The SMILES string of the molecule is O=C(Cn1nc(-c2ccc(F)cc2)ccc1=O)N1CCC(Cc2ccccc2)CC1. The van der Waals surface area contributed by atoms with Crippen molar-refractivity contribution in [2.45, 2.75) is 25.8 Å². The summed E-state index contributed by atoms with van der Waals surface area (Å²) in [6, 6.07) is 19.3. The van der Waals surface area contributed by atoms with Gasteiger partial charge >= 0.3 is 0 Å². The molecule has 4 rings (SSSR count). The van der Waals surface area contributed by atoms with Gasteiger partial charge in [0.2, 0.25) is 5.91 Å². The lowest BCUT2D eigenvalue weighted by molar-refractivity contribution is -0.133. The maximum absolute atomic E-state index is 13.1. The summed E-state index contributed by atoms with van der Waals surface area (Å²) >= 11 is 0. The lowest BCUT2D eigenvalue weighted by Crippen LogP contribution is -2.42. The number of hydrogen-bond donors (Lipinski definition) is 0. The van der Waals surface area contributed by atoms with Crippen molar-refractivity contribution in [3.63, 3.8) is 0 Å². The van der Waals surface area contributed by atoms with Crippen LogP contribution < -0.4 is 5.56 Å². The molecule has 154 valence electrons. The van der Waals surface area contributed by atoms with Crippen molar-refractivity contribution in [1.82, 2.24) is 14.7 Å². The monoisotopic (exact) mass is 405 g/mol. The summed E-state index contributed by atoms with van der Waals surface area (Å²) in [5, 5.41) is 4.31. The molecule has 1 aliphatic heterocycles. The number of amides is 1. The number of carbonyl (C=O) groups excluding carboxylic acids is 1. The lowest BCUT2D eigenvalue weighted by Gasteiger charge is -2.32. The Kier molecular flexibility index (Phi) is 6.02. The van der Waals surface area contributed by atoms with Crippen molar-refractivity contribution in [2.24, 2.45) is 5.92 Å². The average Bonchev–Trinajstić information content (AvgIpc) is 2.77. The largest absolute Gasteiger partial charge is 0.341 e. The number of carbonyl (C=O) groups is 1. The quantitative estimate of drug-likeness (QED) is 0.653. The molecule has 0 radical (unpaired) electrons. The summed E-state index contributed by atoms with van der Waals surface area (Å²) in [5.74, 6) is 0.135. The molecular weight excluding hydrogens is 381 g/mol. The van der Waals surface area contributed by atoms with E-state index in [0.717, 1.165) is 19.3 Å². The second kappa shape index (κ2) is 9.03. The molecule has 5 nitrogen and oxygen atoms in total. The van der Waals surface area contributed by atoms with Crippen LogP contribution in [0.25, 0.3) is 11.3 Å². The summed E-state index contributed by atoms with van der Waals surface area (Å²) in [7, 11) is 0. The molecule has 1 aromatic heterocycles. The first-order chi connectivity index (χ1) is 14.6. The molecule has 0 unspecified atom stereocenters. The van der Waals surface area contributed by atoms with E-state index in [1.807, 2.05) is 11.0 Å². The van der Waals surface area contributed by atoms with Gasteiger partial charge in [-0.1, -0.05) is 30.3 Å². The van der Waals surface area contributed by atoms with Crippen LogP contribution in [-0.4, -0.2) is 33.7 Å². The molecule has 30 heavy (non-hydrogen) atoms. The molecule has 1 aliphatic rings. The fourth-order valence-corrected chi connectivity index (χ4v) is 3.90. The molecule has 2 aromatic carbocycles. The van der Waals surface area contributed by atoms with Crippen LogP contribution in [0.2, 0.25) is 0 Å². The second-order valence-electron chi connectivity index (χ2n) is 7.74. The van der Waals surface area contributed by atoms with E-state index >= 15 is 0 Å².